The number of nitrogens with one attached hydrogen (secondary N) is 2. The first-order valence-corrected chi connectivity index (χ1v) is 8.84. The number of ether oxygens (including phenoxy) is 1. The highest BCUT2D eigenvalue weighted by molar-refractivity contribution is 5.94. The van der Waals surface area contributed by atoms with Crippen LogP contribution in [0, 0.1) is 6.92 Å². The molecule has 3 rings (SSSR count). The summed E-state index contributed by atoms with van der Waals surface area (Å²) in [5, 5.41) is 6.22. The van der Waals surface area contributed by atoms with Crippen LogP contribution in [-0.4, -0.2) is 24.5 Å². The quantitative estimate of drug-likeness (QED) is 0.665. The summed E-state index contributed by atoms with van der Waals surface area (Å²) in [6.45, 7) is 2.58. The number of aromatic nitrogens is 1. The van der Waals surface area contributed by atoms with Gasteiger partial charge in [-0.05, 0) is 54.8 Å². The molecule has 2 N–H and O–H groups in total. The topological polar surface area (TPSA) is 63.2 Å². The second-order valence-corrected chi connectivity index (χ2v) is 6.31. The average Bonchev–Trinajstić information content (AvgIpc) is 2.68. The molecule has 1 amide bonds. The zero-order valence-corrected chi connectivity index (χ0v) is 15.5. The Hall–Kier alpha value is -3.34. The Morgan fingerprint density at radius 2 is 1.89 bits per heavy atom. The van der Waals surface area contributed by atoms with E-state index in [1.54, 1.807) is 25.6 Å². The Balaban J connectivity index is 1.58. The van der Waals surface area contributed by atoms with Crippen molar-refractivity contribution in [3.8, 4) is 5.75 Å². The molecule has 5 nitrogen and oxygen atoms in total. The van der Waals surface area contributed by atoms with Gasteiger partial charge < -0.3 is 15.4 Å². The van der Waals surface area contributed by atoms with Gasteiger partial charge in [-0.15, -0.1) is 0 Å². The van der Waals surface area contributed by atoms with Gasteiger partial charge in [0.15, 0.2) is 0 Å². The fourth-order valence-corrected chi connectivity index (χ4v) is 2.77. The van der Waals surface area contributed by atoms with Crippen LogP contribution < -0.4 is 15.4 Å². The van der Waals surface area contributed by atoms with Crippen LogP contribution in [0.25, 0.3) is 0 Å². The summed E-state index contributed by atoms with van der Waals surface area (Å²) in [7, 11) is 1.64. The average molecular weight is 361 g/mol. The van der Waals surface area contributed by atoms with E-state index in [2.05, 4.69) is 15.6 Å². The Kier molecular flexibility index (Phi) is 6.05. The van der Waals surface area contributed by atoms with Crippen molar-refractivity contribution >= 4 is 17.3 Å². The Morgan fingerprint density at radius 1 is 1.04 bits per heavy atom. The fourth-order valence-electron chi connectivity index (χ4n) is 2.77. The number of methoxy groups -OCH3 is 1. The van der Waals surface area contributed by atoms with Crippen LogP contribution >= 0.6 is 0 Å². The van der Waals surface area contributed by atoms with Gasteiger partial charge in [0.1, 0.15) is 5.75 Å². The van der Waals surface area contributed by atoms with Crippen molar-refractivity contribution in [2.75, 3.05) is 19.0 Å². The zero-order valence-electron chi connectivity index (χ0n) is 15.5. The van der Waals surface area contributed by atoms with Gasteiger partial charge in [-0.3, -0.25) is 9.78 Å². The molecule has 0 radical (unpaired) electrons. The molecule has 0 unspecified atom stereocenters. The summed E-state index contributed by atoms with van der Waals surface area (Å²) in [5.74, 6) is 0.677. The number of amides is 1. The number of aryl methyl sites for hydroxylation is 1. The third-order valence-corrected chi connectivity index (χ3v) is 4.14. The van der Waals surface area contributed by atoms with Gasteiger partial charge in [0.25, 0.3) is 5.91 Å². The van der Waals surface area contributed by atoms with Crippen LogP contribution in [-0.2, 0) is 6.42 Å². The molecule has 3 aromatic rings. The number of hydrogen-bond donors (Lipinski definition) is 2. The van der Waals surface area contributed by atoms with E-state index in [0.717, 1.165) is 29.1 Å². The molecule has 27 heavy (non-hydrogen) atoms. The molecule has 0 spiro atoms. The first-order chi connectivity index (χ1) is 13.1. The van der Waals surface area contributed by atoms with Crippen molar-refractivity contribution in [1.82, 2.24) is 10.3 Å². The largest absolute Gasteiger partial charge is 0.497 e. The molecule has 0 aliphatic carbocycles. The third-order valence-electron chi connectivity index (χ3n) is 4.14. The van der Waals surface area contributed by atoms with Crippen molar-refractivity contribution < 1.29 is 9.53 Å². The lowest BCUT2D eigenvalue weighted by molar-refractivity contribution is 0.0954. The molecule has 1 heterocycles. The molecular weight excluding hydrogens is 338 g/mol. The summed E-state index contributed by atoms with van der Waals surface area (Å²) in [5.41, 5.74) is 4.55. The minimum absolute atomic E-state index is 0.140. The maximum Gasteiger partial charge on any atom is 0.252 e. The van der Waals surface area contributed by atoms with Crippen molar-refractivity contribution in [1.29, 1.82) is 0 Å². The maximum absolute atomic E-state index is 12.4. The highest BCUT2D eigenvalue weighted by Crippen LogP contribution is 2.18. The van der Waals surface area contributed by atoms with Crippen molar-refractivity contribution in [3.05, 3.63) is 83.7 Å². The van der Waals surface area contributed by atoms with E-state index in [0.29, 0.717) is 12.1 Å². The van der Waals surface area contributed by atoms with Crippen LogP contribution in [0.5, 0.6) is 5.75 Å². The number of benzene rings is 2. The van der Waals surface area contributed by atoms with Gasteiger partial charge in [0.2, 0.25) is 0 Å². The second-order valence-electron chi connectivity index (χ2n) is 6.31. The van der Waals surface area contributed by atoms with E-state index < -0.39 is 0 Å². The number of nitrogens with zero attached hydrogens (tertiary/aromatic N) is 1. The van der Waals surface area contributed by atoms with Gasteiger partial charge in [0, 0.05) is 18.4 Å². The Labute approximate surface area is 159 Å². The molecule has 0 fully saturated rings. The van der Waals surface area contributed by atoms with E-state index >= 15 is 0 Å². The summed E-state index contributed by atoms with van der Waals surface area (Å²) < 4.78 is 5.22. The van der Waals surface area contributed by atoms with Gasteiger partial charge in [-0.2, -0.15) is 0 Å². The smallest absolute Gasteiger partial charge is 0.252 e. The minimum atomic E-state index is -0.140. The second kappa shape index (κ2) is 8.85. The number of carbonyl (C=O) groups is 1. The van der Waals surface area contributed by atoms with E-state index in [1.807, 2.05) is 55.5 Å². The summed E-state index contributed by atoms with van der Waals surface area (Å²) >= 11 is 0. The van der Waals surface area contributed by atoms with Crippen LogP contribution in [0.1, 0.15) is 21.5 Å². The highest BCUT2D eigenvalue weighted by atomic mass is 16.5. The molecule has 0 atom stereocenters. The monoisotopic (exact) mass is 361 g/mol. The number of hydrogen-bond acceptors (Lipinski definition) is 4. The predicted octanol–water partition coefficient (Wildman–Crippen LogP) is 4.11. The Bertz CT molecular complexity index is 925. The SMILES string of the molecule is COc1cccc(CCNC(=O)c2cncc(Nc3cccc(C)c3)c2)c1. The first kappa shape index (κ1) is 18.5. The van der Waals surface area contributed by atoms with Gasteiger partial charge in [-0.25, -0.2) is 0 Å². The summed E-state index contributed by atoms with van der Waals surface area (Å²) in [6.07, 6.45) is 4.01. The van der Waals surface area contributed by atoms with Crippen LogP contribution in [0.4, 0.5) is 11.4 Å². The van der Waals surface area contributed by atoms with E-state index in [9.17, 15) is 4.79 Å². The molecule has 0 saturated heterocycles. The molecule has 2 aromatic carbocycles. The number of carbonyl (C=O) groups excluding carboxylic acids is 1. The summed E-state index contributed by atoms with van der Waals surface area (Å²) in [4.78, 5) is 16.6. The van der Waals surface area contributed by atoms with Crippen molar-refractivity contribution in [2.45, 2.75) is 13.3 Å². The molecule has 5 heteroatoms. The zero-order chi connectivity index (χ0) is 19.1. The third kappa shape index (κ3) is 5.31. The number of anilines is 2. The minimum Gasteiger partial charge on any atom is -0.497 e. The molecular formula is C22H23N3O2. The lowest BCUT2D eigenvalue weighted by atomic mass is 10.1. The molecule has 0 aliphatic rings. The van der Waals surface area contributed by atoms with E-state index in [1.165, 1.54) is 5.56 Å². The Morgan fingerprint density at radius 3 is 2.70 bits per heavy atom. The van der Waals surface area contributed by atoms with E-state index in [4.69, 9.17) is 4.74 Å². The normalized spacial score (nSPS) is 10.3. The van der Waals surface area contributed by atoms with Crippen LogP contribution in [0.3, 0.4) is 0 Å². The van der Waals surface area contributed by atoms with Crippen LogP contribution in [0.15, 0.2) is 67.0 Å². The van der Waals surface area contributed by atoms with Crippen LogP contribution in [0.2, 0.25) is 0 Å². The van der Waals surface area contributed by atoms with Crippen molar-refractivity contribution in [2.24, 2.45) is 0 Å². The fraction of sp³-hybridized carbons (Fsp3) is 0.182. The molecule has 1 aromatic heterocycles. The highest BCUT2D eigenvalue weighted by Gasteiger charge is 2.07. The standard InChI is InChI=1S/C22H23N3O2/c1-16-5-3-7-19(11-16)25-20-13-18(14-23-15-20)22(26)24-10-9-17-6-4-8-21(12-17)27-2/h3-8,11-15,25H,9-10H2,1-2H3,(H,24,26). The van der Waals surface area contributed by atoms with Gasteiger partial charge >= 0.3 is 0 Å². The number of pyridine rings is 1. The molecule has 0 saturated carbocycles. The molecule has 0 bridgehead atoms. The predicted molar refractivity (Wildman–Crippen MR) is 108 cm³/mol. The van der Waals surface area contributed by atoms with Gasteiger partial charge in [0.05, 0.1) is 24.6 Å². The lowest BCUT2D eigenvalue weighted by Crippen LogP contribution is -2.25. The van der Waals surface area contributed by atoms with E-state index in [-0.39, 0.29) is 5.91 Å². The molecule has 138 valence electrons. The lowest BCUT2D eigenvalue weighted by Gasteiger charge is -2.09. The molecule has 0 aliphatic heterocycles. The number of rotatable bonds is 7. The van der Waals surface area contributed by atoms with Gasteiger partial charge in [-0.1, -0.05) is 24.3 Å². The van der Waals surface area contributed by atoms with Crippen molar-refractivity contribution in [3.63, 3.8) is 0 Å². The maximum atomic E-state index is 12.4. The first-order valence-electron chi connectivity index (χ1n) is 8.84. The summed E-state index contributed by atoms with van der Waals surface area (Å²) in [6, 6.07) is 17.7.